The summed E-state index contributed by atoms with van der Waals surface area (Å²) in [5.74, 6) is 1.23. The van der Waals surface area contributed by atoms with Crippen LogP contribution in [0.4, 0.5) is 0 Å². The van der Waals surface area contributed by atoms with Crippen molar-refractivity contribution in [3.8, 4) is 0 Å². The smallest absolute Gasteiger partial charge is 0.148 e. The molecule has 0 aliphatic heterocycles. The molecule has 1 aromatic heterocycles. The van der Waals surface area contributed by atoms with Crippen molar-refractivity contribution in [3.63, 3.8) is 0 Å². The summed E-state index contributed by atoms with van der Waals surface area (Å²) in [6.45, 7) is 0. The third-order valence-electron chi connectivity index (χ3n) is 2.00. The number of hydrogen-bond acceptors (Lipinski definition) is 3. The van der Waals surface area contributed by atoms with Crippen LogP contribution in [0.5, 0.6) is 0 Å². The van der Waals surface area contributed by atoms with Crippen LogP contribution in [0.1, 0.15) is 5.82 Å². The molecule has 2 aromatic rings. The van der Waals surface area contributed by atoms with Crippen LogP contribution in [0.2, 0.25) is 10.3 Å². The van der Waals surface area contributed by atoms with Crippen molar-refractivity contribution in [2.24, 2.45) is 0 Å². The second kappa shape index (κ2) is 6.57. The molecule has 0 radical (unpaired) electrons. The fourth-order valence-corrected chi connectivity index (χ4v) is 2.80. The van der Waals surface area contributed by atoms with E-state index in [1.165, 1.54) is 0 Å². The lowest BCUT2D eigenvalue weighted by atomic mass is 10.4. The van der Waals surface area contributed by atoms with Crippen LogP contribution in [0, 0.1) is 0 Å². The molecule has 0 saturated carbocycles. The Morgan fingerprint density at radius 3 is 2.11 bits per heavy atom. The molecule has 0 unspecified atom stereocenters. The highest BCUT2D eigenvalue weighted by Crippen LogP contribution is 2.29. The van der Waals surface area contributed by atoms with E-state index in [9.17, 15) is 0 Å². The molecule has 18 heavy (non-hydrogen) atoms. The molecule has 2 nitrogen and oxygen atoms in total. The minimum absolute atomic E-state index is 0.335. The second-order valence-corrected chi connectivity index (χ2v) is 6.75. The maximum Gasteiger partial charge on any atom is 0.148 e. The van der Waals surface area contributed by atoms with Crippen molar-refractivity contribution in [2.75, 3.05) is 0 Å². The molecule has 1 aromatic carbocycles. The average molecular weight is 429 g/mol. The first-order chi connectivity index (χ1) is 8.56. The van der Waals surface area contributed by atoms with Gasteiger partial charge in [-0.3, -0.25) is 0 Å². The summed E-state index contributed by atoms with van der Waals surface area (Å²) in [7, 11) is 0. The molecular weight excluding hydrogens is 423 g/mol. The highest BCUT2D eigenvalue weighted by atomic mass is 79.9. The number of aromatic nitrogens is 2. The SMILES string of the molecule is Clc1nc(CSc2ccc(Br)cc2)nc(Cl)c1Br. The van der Waals surface area contributed by atoms with Crippen LogP contribution in [-0.4, -0.2) is 9.97 Å². The lowest BCUT2D eigenvalue weighted by Gasteiger charge is -2.04. The van der Waals surface area contributed by atoms with E-state index in [0.29, 0.717) is 26.4 Å². The van der Waals surface area contributed by atoms with E-state index < -0.39 is 0 Å². The van der Waals surface area contributed by atoms with Crippen LogP contribution in [-0.2, 0) is 5.75 Å². The minimum atomic E-state index is 0.335. The Hall–Kier alpha value is 0.190. The van der Waals surface area contributed by atoms with Crippen molar-refractivity contribution < 1.29 is 0 Å². The van der Waals surface area contributed by atoms with Gasteiger partial charge in [0, 0.05) is 9.37 Å². The van der Waals surface area contributed by atoms with Crippen molar-refractivity contribution in [3.05, 3.63) is 49.3 Å². The summed E-state index contributed by atoms with van der Waals surface area (Å²) in [6, 6.07) is 8.03. The summed E-state index contributed by atoms with van der Waals surface area (Å²) in [6.07, 6.45) is 0. The maximum atomic E-state index is 5.92. The zero-order chi connectivity index (χ0) is 13.1. The molecule has 0 aliphatic rings. The molecule has 0 bridgehead atoms. The Balaban J connectivity index is 2.08. The van der Waals surface area contributed by atoms with Gasteiger partial charge in [-0.05, 0) is 40.2 Å². The standard InChI is InChI=1S/C11H6Br2Cl2N2S/c12-6-1-3-7(4-2-6)18-5-8-16-10(14)9(13)11(15)17-8/h1-4H,5H2. The number of benzene rings is 1. The molecule has 1 heterocycles. The van der Waals surface area contributed by atoms with Crippen molar-refractivity contribution in [1.29, 1.82) is 0 Å². The number of thioether (sulfide) groups is 1. The van der Waals surface area contributed by atoms with E-state index in [1.807, 2.05) is 24.3 Å². The van der Waals surface area contributed by atoms with Gasteiger partial charge in [-0.2, -0.15) is 0 Å². The van der Waals surface area contributed by atoms with Crippen molar-refractivity contribution in [1.82, 2.24) is 9.97 Å². The Labute approximate surface area is 136 Å². The van der Waals surface area contributed by atoms with Gasteiger partial charge in [0.15, 0.2) is 0 Å². The number of nitrogens with zero attached hydrogens (tertiary/aromatic N) is 2. The molecule has 0 saturated heterocycles. The third-order valence-corrected chi connectivity index (χ3v) is 5.29. The van der Waals surface area contributed by atoms with Crippen LogP contribution in [0.3, 0.4) is 0 Å². The molecule has 7 heteroatoms. The van der Waals surface area contributed by atoms with Crippen LogP contribution in [0.25, 0.3) is 0 Å². The lowest BCUT2D eigenvalue weighted by Crippen LogP contribution is -1.94. The van der Waals surface area contributed by atoms with Gasteiger partial charge >= 0.3 is 0 Å². The van der Waals surface area contributed by atoms with Gasteiger partial charge in [0.2, 0.25) is 0 Å². The molecule has 0 atom stereocenters. The van der Waals surface area contributed by atoms with Crippen LogP contribution < -0.4 is 0 Å². The van der Waals surface area contributed by atoms with Gasteiger partial charge in [-0.1, -0.05) is 39.1 Å². The first-order valence-electron chi connectivity index (χ1n) is 4.82. The van der Waals surface area contributed by atoms with Crippen molar-refractivity contribution >= 4 is 66.8 Å². The fourth-order valence-electron chi connectivity index (χ4n) is 1.18. The Kier molecular flexibility index (Phi) is 5.33. The molecule has 0 aliphatic carbocycles. The normalized spacial score (nSPS) is 10.7. The van der Waals surface area contributed by atoms with Gasteiger partial charge < -0.3 is 0 Å². The van der Waals surface area contributed by atoms with E-state index in [-0.39, 0.29) is 0 Å². The van der Waals surface area contributed by atoms with E-state index in [2.05, 4.69) is 41.8 Å². The first kappa shape index (κ1) is 14.6. The molecule has 0 spiro atoms. The highest BCUT2D eigenvalue weighted by molar-refractivity contribution is 9.10. The molecular formula is C11H6Br2Cl2N2S. The average Bonchev–Trinajstić information content (AvgIpc) is 2.35. The largest absolute Gasteiger partial charge is 0.219 e. The minimum Gasteiger partial charge on any atom is -0.219 e. The van der Waals surface area contributed by atoms with E-state index in [0.717, 1.165) is 9.37 Å². The summed E-state index contributed by atoms with van der Waals surface area (Å²) in [5.41, 5.74) is 0. The predicted octanol–water partition coefficient (Wildman–Crippen LogP) is 5.60. The molecule has 0 N–H and O–H groups in total. The Morgan fingerprint density at radius 2 is 1.56 bits per heavy atom. The van der Waals surface area contributed by atoms with E-state index in [4.69, 9.17) is 23.2 Å². The number of hydrogen-bond donors (Lipinski definition) is 0. The molecule has 0 amide bonds. The zero-order valence-corrected chi connectivity index (χ0v) is 14.3. The Morgan fingerprint density at radius 1 is 1.00 bits per heavy atom. The van der Waals surface area contributed by atoms with E-state index >= 15 is 0 Å². The molecule has 94 valence electrons. The van der Waals surface area contributed by atoms with Gasteiger partial charge in [0.1, 0.15) is 16.1 Å². The Bertz CT molecular complexity index is 540. The maximum absolute atomic E-state index is 5.92. The monoisotopic (exact) mass is 426 g/mol. The predicted molar refractivity (Wildman–Crippen MR) is 83.5 cm³/mol. The van der Waals surface area contributed by atoms with Gasteiger partial charge in [0.25, 0.3) is 0 Å². The highest BCUT2D eigenvalue weighted by Gasteiger charge is 2.09. The summed E-state index contributed by atoms with van der Waals surface area (Å²) < 4.78 is 1.58. The third kappa shape index (κ3) is 3.84. The molecule has 0 fully saturated rings. The molecule has 2 rings (SSSR count). The topological polar surface area (TPSA) is 25.8 Å². The first-order valence-corrected chi connectivity index (χ1v) is 8.15. The van der Waals surface area contributed by atoms with Gasteiger partial charge in [-0.15, -0.1) is 11.8 Å². The summed E-state index contributed by atoms with van der Waals surface area (Å²) in [4.78, 5) is 9.45. The number of halogens is 4. The lowest BCUT2D eigenvalue weighted by molar-refractivity contribution is 1.02. The van der Waals surface area contributed by atoms with Crippen LogP contribution >= 0.6 is 66.8 Å². The second-order valence-electron chi connectivity index (χ2n) is 3.28. The van der Waals surface area contributed by atoms with Crippen LogP contribution in [0.15, 0.2) is 38.1 Å². The van der Waals surface area contributed by atoms with E-state index in [1.54, 1.807) is 11.8 Å². The summed E-state index contributed by atoms with van der Waals surface area (Å²) >= 11 is 20.1. The quantitative estimate of drug-likeness (QED) is 0.470. The zero-order valence-electron chi connectivity index (χ0n) is 8.83. The fraction of sp³-hybridized carbons (Fsp3) is 0.0909. The van der Waals surface area contributed by atoms with Crippen molar-refractivity contribution in [2.45, 2.75) is 10.6 Å². The van der Waals surface area contributed by atoms with Gasteiger partial charge in [0.05, 0.1) is 10.2 Å². The number of rotatable bonds is 3. The van der Waals surface area contributed by atoms with Gasteiger partial charge in [-0.25, -0.2) is 9.97 Å². The summed E-state index contributed by atoms with van der Waals surface area (Å²) in [5, 5.41) is 0.669.